The number of benzene rings is 1. The number of nitrogens with one attached hydrogen (secondary N) is 2. The van der Waals surface area contributed by atoms with Crippen molar-refractivity contribution in [2.24, 2.45) is 0 Å². The first-order chi connectivity index (χ1) is 14.2. The lowest BCUT2D eigenvalue weighted by Crippen LogP contribution is -2.42. The van der Waals surface area contributed by atoms with E-state index in [1.807, 2.05) is 5.32 Å². The maximum absolute atomic E-state index is 14.1. The smallest absolute Gasteiger partial charge is 0.422 e. The number of ether oxygens (including phenoxy) is 1. The number of hydrogen-bond donors (Lipinski definition) is 2. The van der Waals surface area contributed by atoms with Crippen molar-refractivity contribution in [3.05, 3.63) is 35.4 Å². The van der Waals surface area contributed by atoms with E-state index in [0.29, 0.717) is 0 Å². The third-order valence-electron chi connectivity index (χ3n) is 3.98. The Morgan fingerprint density at radius 3 is 2.23 bits per heavy atom. The molecule has 0 saturated heterocycles. The van der Waals surface area contributed by atoms with Gasteiger partial charge in [0, 0.05) is 13.5 Å². The summed E-state index contributed by atoms with van der Waals surface area (Å²) in [5.74, 6) is -5.85. The largest absolute Gasteiger partial charge is 0.455 e. The molecule has 0 saturated carbocycles. The Morgan fingerprint density at radius 1 is 1.03 bits per heavy atom. The van der Waals surface area contributed by atoms with Crippen LogP contribution in [0.3, 0.4) is 0 Å². The highest BCUT2D eigenvalue weighted by Gasteiger charge is 2.33. The lowest BCUT2D eigenvalue weighted by molar-refractivity contribution is -0.188. The summed E-state index contributed by atoms with van der Waals surface area (Å²) in [5.41, 5.74) is -0.292. The van der Waals surface area contributed by atoms with Crippen molar-refractivity contribution >= 4 is 11.9 Å². The molecule has 31 heavy (non-hydrogen) atoms. The number of hydrogen-bond acceptors (Lipinski definition) is 4. The molecule has 1 aromatic rings. The zero-order valence-electron chi connectivity index (χ0n) is 16.2. The molecule has 5 nitrogen and oxygen atoms in total. The predicted molar refractivity (Wildman–Crippen MR) is 91.9 cm³/mol. The van der Waals surface area contributed by atoms with Crippen LogP contribution < -0.4 is 10.6 Å². The van der Waals surface area contributed by atoms with Crippen molar-refractivity contribution in [3.63, 3.8) is 0 Å². The molecule has 13 heteroatoms. The SMILES string of the molecule is CC(=O)NC(CC[C@H](CNCC(F)(F)F)c1cccc(F)c1F)C(=O)OCC(F)(F)F. The van der Waals surface area contributed by atoms with E-state index in [4.69, 9.17) is 0 Å². The third kappa shape index (κ3) is 10.4. The van der Waals surface area contributed by atoms with Gasteiger partial charge in [-0.2, -0.15) is 26.3 Å². The first-order valence-corrected chi connectivity index (χ1v) is 8.91. The van der Waals surface area contributed by atoms with Gasteiger partial charge in [-0.25, -0.2) is 13.6 Å². The summed E-state index contributed by atoms with van der Waals surface area (Å²) in [6.07, 6.45) is -10.1. The molecular formula is C18H20F8N2O3. The molecule has 2 N–H and O–H groups in total. The zero-order valence-corrected chi connectivity index (χ0v) is 16.2. The van der Waals surface area contributed by atoms with Crippen molar-refractivity contribution in [2.75, 3.05) is 19.7 Å². The van der Waals surface area contributed by atoms with Crippen molar-refractivity contribution in [3.8, 4) is 0 Å². The maximum Gasteiger partial charge on any atom is 0.422 e. The second kappa shape index (κ2) is 11.3. The van der Waals surface area contributed by atoms with Gasteiger partial charge in [0.15, 0.2) is 18.2 Å². The topological polar surface area (TPSA) is 67.4 Å². The lowest BCUT2D eigenvalue weighted by Gasteiger charge is -2.23. The van der Waals surface area contributed by atoms with E-state index >= 15 is 0 Å². The van der Waals surface area contributed by atoms with E-state index in [0.717, 1.165) is 25.1 Å². The molecule has 0 aliphatic rings. The highest BCUT2D eigenvalue weighted by atomic mass is 19.4. The third-order valence-corrected chi connectivity index (χ3v) is 3.98. The van der Waals surface area contributed by atoms with Crippen LogP contribution in [0.15, 0.2) is 18.2 Å². The van der Waals surface area contributed by atoms with Crippen molar-refractivity contribution in [2.45, 2.75) is 44.1 Å². The summed E-state index contributed by atoms with van der Waals surface area (Å²) in [6.45, 7) is -2.83. The average Bonchev–Trinajstić information content (AvgIpc) is 2.62. The Kier molecular flexibility index (Phi) is 9.66. The van der Waals surface area contributed by atoms with Gasteiger partial charge >= 0.3 is 18.3 Å². The molecule has 0 spiro atoms. The van der Waals surface area contributed by atoms with Crippen LogP contribution in [0.25, 0.3) is 0 Å². The number of amides is 1. The number of carbonyl (C=O) groups excluding carboxylic acids is 2. The van der Waals surface area contributed by atoms with Crippen LogP contribution in [-0.4, -0.2) is 50.0 Å². The Morgan fingerprint density at radius 2 is 1.68 bits per heavy atom. The molecule has 0 radical (unpaired) electrons. The fourth-order valence-corrected chi connectivity index (χ4v) is 2.71. The minimum atomic E-state index is -4.81. The van der Waals surface area contributed by atoms with Crippen molar-refractivity contribution in [1.82, 2.24) is 10.6 Å². The molecule has 0 fully saturated rings. The Hall–Kier alpha value is -2.44. The second-order valence-corrected chi connectivity index (χ2v) is 6.64. The van der Waals surface area contributed by atoms with Gasteiger partial charge in [0.2, 0.25) is 5.91 Å². The summed E-state index contributed by atoms with van der Waals surface area (Å²) < 4.78 is 106. The minimum absolute atomic E-state index is 0.280. The predicted octanol–water partition coefficient (Wildman–Crippen LogP) is 3.59. The maximum atomic E-state index is 14.1. The van der Waals surface area contributed by atoms with E-state index < -0.39 is 73.9 Å². The monoisotopic (exact) mass is 464 g/mol. The quantitative estimate of drug-likeness (QED) is 0.410. The fourth-order valence-electron chi connectivity index (χ4n) is 2.71. The van der Waals surface area contributed by atoms with Gasteiger partial charge < -0.3 is 15.4 Å². The van der Waals surface area contributed by atoms with Crippen LogP contribution in [0.1, 0.15) is 31.2 Å². The molecule has 1 aromatic carbocycles. The molecule has 0 aliphatic heterocycles. The summed E-state index contributed by atoms with van der Waals surface area (Å²) in [4.78, 5) is 23.2. The first kappa shape index (κ1) is 26.6. The van der Waals surface area contributed by atoms with E-state index in [1.165, 1.54) is 0 Å². The van der Waals surface area contributed by atoms with Gasteiger partial charge in [0.25, 0.3) is 0 Å². The fraction of sp³-hybridized carbons (Fsp3) is 0.556. The van der Waals surface area contributed by atoms with E-state index in [9.17, 15) is 44.7 Å². The van der Waals surface area contributed by atoms with Crippen LogP contribution in [0.2, 0.25) is 0 Å². The van der Waals surface area contributed by atoms with Crippen LogP contribution in [-0.2, 0) is 14.3 Å². The normalized spacial score (nSPS) is 14.1. The molecule has 1 amide bonds. The molecule has 0 heterocycles. The molecule has 2 atom stereocenters. The van der Waals surface area contributed by atoms with Crippen LogP contribution in [0.5, 0.6) is 0 Å². The van der Waals surface area contributed by atoms with E-state index in [1.54, 1.807) is 0 Å². The van der Waals surface area contributed by atoms with Crippen molar-refractivity contribution < 1.29 is 49.4 Å². The number of halogens is 8. The summed E-state index contributed by atoms with van der Waals surface area (Å²) in [5, 5.41) is 4.12. The Balaban J connectivity index is 2.96. The van der Waals surface area contributed by atoms with Crippen molar-refractivity contribution in [1.29, 1.82) is 0 Å². The molecule has 1 unspecified atom stereocenters. The molecular weight excluding hydrogens is 444 g/mol. The summed E-state index contributed by atoms with van der Waals surface area (Å²) in [7, 11) is 0. The van der Waals surface area contributed by atoms with Crippen LogP contribution >= 0.6 is 0 Å². The Labute approximate surface area is 172 Å². The molecule has 0 aliphatic carbocycles. The van der Waals surface area contributed by atoms with Crippen LogP contribution in [0, 0.1) is 11.6 Å². The first-order valence-electron chi connectivity index (χ1n) is 8.91. The summed E-state index contributed by atoms with van der Waals surface area (Å²) in [6, 6.07) is 1.50. The number of esters is 1. The lowest BCUT2D eigenvalue weighted by atomic mass is 9.91. The minimum Gasteiger partial charge on any atom is -0.455 e. The molecule has 176 valence electrons. The number of alkyl halides is 6. The number of rotatable bonds is 10. The standard InChI is InChI=1S/C18H20F8N2O3/c1-10(29)28-14(16(30)31-9-18(24,25)26)6-5-11(7-27-8-17(21,22)23)12-3-2-4-13(19)15(12)20/h2-4,11,14,27H,5-9H2,1H3,(H,28,29)/t11-,14?/m1/s1. The van der Waals surface area contributed by atoms with Gasteiger partial charge in [-0.15, -0.1) is 0 Å². The highest BCUT2D eigenvalue weighted by Crippen LogP contribution is 2.26. The molecule has 1 rings (SSSR count). The number of carbonyl (C=O) groups is 2. The second-order valence-electron chi connectivity index (χ2n) is 6.64. The Bertz CT molecular complexity index is 752. The molecule has 0 bridgehead atoms. The van der Waals surface area contributed by atoms with Gasteiger partial charge in [-0.3, -0.25) is 4.79 Å². The highest BCUT2D eigenvalue weighted by molar-refractivity contribution is 5.83. The van der Waals surface area contributed by atoms with Gasteiger partial charge in [-0.1, -0.05) is 12.1 Å². The van der Waals surface area contributed by atoms with E-state index in [-0.39, 0.29) is 12.0 Å². The van der Waals surface area contributed by atoms with Gasteiger partial charge in [0.1, 0.15) is 6.04 Å². The summed E-state index contributed by atoms with van der Waals surface area (Å²) >= 11 is 0. The van der Waals surface area contributed by atoms with Gasteiger partial charge in [0.05, 0.1) is 6.54 Å². The average molecular weight is 464 g/mol. The van der Waals surface area contributed by atoms with Crippen LogP contribution in [0.4, 0.5) is 35.1 Å². The molecule has 0 aromatic heterocycles. The van der Waals surface area contributed by atoms with E-state index in [2.05, 4.69) is 10.1 Å². The van der Waals surface area contributed by atoms with Gasteiger partial charge in [-0.05, 0) is 30.4 Å². The zero-order chi connectivity index (χ0) is 23.8.